The van der Waals surface area contributed by atoms with Crippen LogP contribution in [0.15, 0.2) is 12.1 Å². The molecule has 1 aromatic rings. The molecular formula is C10H12ClNO2S2. The molecule has 0 bridgehead atoms. The average Bonchev–Trinajstić information content (AvgIpc) is 2.59. The fraction of sp³-hybridized carbons (Fsp3) is 0.500. The number of nitrogens with zero attached hydrogens (tertiary/aromatic N) is 1. The lowest BCUT2D eigenvalue weighted by Gasteiger charge is -2.35. The van der Waals surface area contributed by atoms with Gasteiger partial charge in [0.2, 0.25) is 5.91 Å². The summed E-state index contributed by atoms with van der Waals surface area (Å²) in [4.78, 5) is 14.4. The molecule has 1 N–H and O–H groups in total. The predicted octanol–water partition coefficient (Wildman–Crippen LogP) is 1.84. The van der Waals surface area contributed by atoms with Crippen molar-refractivity contribution in [3.8, 4) is 0 Å². The number of aliphatic hydroxyl groups is 1. The van der Waals surface area contributed by atoms with Gasteiger partial charge in [-0.25, -0.2) is 0 Å². The van der Waals surface area contributed by atoms with Gasteiger partial charge in [0.05, 0.1) is 16.2 Å². The van der Waals surface area contributed by atoms with Crippen LogP contribution in [0.1, 0.15) is 4.88 Å². The zero-order valence-electron chi connectivity index (χ0n) is 8.56. The Morgan fingerprint density at radius 1 is 1.62 bits per heavy atom. The molecule has 1 saturated heterocycles. The third-order valence-corrected chi connectivity index (χ3v) is 4.69. The van der Waals surface area contributed by atoms with E-state index in [1.807, 2.05) is 12.1 Å². The summed E-state index contributed by atoms with van der Waals surface area (Å²) in [5.74, 6) is 1.40. The summed E-state index contributed by atoms with van der Waals surface area (Å²) in [5.41, 5.74) is 0. The Balaban J connectivity index is 1.66. The van der Waals surface area contributed by atoms with E-state index in [-0.39, 0.29) is 12.0 Å². The van der Waals surface area contributed by atoms with Crippen LogP contribution in [0.2, 0.25) is 4.34 Å². The summed E-state index contributed by atoms with van der Waals surface area (Å²) in [6.45, 7) is 0.981. The minimum atomic E-state index is -0.315. The van der Waals surface area contributed by atoms with Crippen LogP contribution in [0.4, 0.5) is 0 Å². The normalized spacial score (nSPS) is 16.2. The molecule has 0 spiro atoms. The van der Waals surface area contributed by atoms with E-state index in [2.05, 4.69) is 0 Å². The van der Waals surface area contributed by atoms with Gasteiger partial charge in [-0.05, 0) is 12.1 Å². The van der Waals surface area contributed by atoms with Crippen molar-refractivity contribution in [2.75, 3.05) is 18.8 Å². The van der Waals surface area contributed by atoms with Gasteiger partial charge in [0.15, 0.2) is 0 Å². The topological polar surface area (TPSA) is 40.5 Å². The van der Waals surface area contributed by atoms with E-state index in [4.69, 9.17) is 16.7 Å². The standard InChI is InChI=1S/C10H12ClNO2S2/c11-9-2-1-8(16-9)5-15-6-10(14)12-3-7(13)4-12/h1-2,7,13H,3-6H2. The molecule has 0 atom stereocenters. The number of amides is 1. The summed E-state index contributed by atoms with van der Waals surface area (Å²) >= 11 is 8.94. The zero-order chi connectivity index (χ0) is 11.5. The molecule has 0 saturated carbocycles. The molecule has 2 heterocycles. The van der Waals surface area contributed by atoms with Crippen LogP contribution < -0.4 is 0 Å². The summed E-state index contributed by atoms with van der Waals surface area (Å²) in [6, 6.07) is 3.85. The quantitative estimate of drug-likeness (QED) is 0.913. The molecule has 1 aliphatic heterocycles. The maximum absolute atomic E-state index is 11.5. The number of carbonyl (C=O) groups is 1. The Kier molecular flexibility index (Phi) is 4.13. The summed E-state index contributed by atoms with van der Waals surface area (Å²) < 4.78 is 0.785. The van der Waals surface area contributed by atoms with Crippen LogP contribution in [0.3, 0.4) is 0 Å². The lowest BCUT2D eigenvalue weighted by molar-refractivity contribution is -0.138. The van der Waals surface area contributed by atoms with Crippen LogP contribution >= 0.6 is 34.7 Å². The number of likely N-dealkylation sites (tertiary alicyclic amines) is 1. The van der Waals surface area contributed by atoms with Gasteiger partial charge in [0, 0.05) is 23.7 Å². The lowest BCUT2D eigenvalue weighted by atomic mass is 10.2. The molecule has 1 aliphatic rings. The molecule has 88 valence electrons. The van der Waals surface area contributed by atoms with Gasteiger partial charge >= 0.3 is 0 Å². The first-order valence-corrected chi connectivity index (χ1v) is 7.28. The van der Waals surface area contributed by atoms with Crippen LogP contribution in [0.25, 0.3) is 0 Å². The maximum Gasteiger partial charge on any atom is 0.232 e. The van der Waals surface area contributed by atoms with E-state index in [1.54, 1.807) is 28.0 Å². The Morgan fingerprint density at radius 2 is 2.38 bits per heavy atom. The third kappa shape index (κ3) is 3.13. The molecule has 0 aromatic carbocycles. The number of thiophene rings is 1. The number of β-amino-alcohol motifs (C(OH)–C–C–N with tert-alkyl or cyclic N) is 1. The van der Waals surface area contributed by atoms with Gasteiger partial charge in [0.1, 0.15) is 0 Å². The molecule has 1 amide bonds. The number of thioether (sulfide) groups is 1. The second-order valence-electron chi connectivity index (χ2n) is 3.65. The number of halogens is 1. The van der Waals surface area contributed by atoms with E-state index in [9.17, 15) is 4.79 Å². The summed E-state index contributed by atoms with van der Waals surface area (Å²) in [5, 5.41) is 9.06. The van der Waals surface area contributed by atoms with E-state index >= 15 is 0 Å². The Hall–Kier alpha value is -0.230. The largest absolute Gasteiger partial charge is 0.389 e. The highest BCUT2D eigenvalue weighted by molar-refractivity contribution is 7.99. The first-order chi connectivity index (χ1) is 7.65. The first-order valence-electron chi connectivity index (χ1n) is 4.93. The molecule has 1 aromatic heterocycles. The average molecular weight is 278 g/mol. The smallest absolute Gasteiger partial charge is 0.232 e. The number of aliphatic hydroxyl groups excluding tert-OH is 1. The summed E-state index contributed by atoms with van der Waals surface area (Å²) in [6.07, 6.45) is -0.315. The van der Waals surface area contributed by atoms with Gasteiger partial charge in [-0.1, -0.05) is 11.6 Å². The number of rotatable bonds is 4. The van der Waals surface area contributed by atoms with Crippen molar-refractivity contribution in [3.63, 3.8) is 0 Å². The molecular weight excluding hydrogens is 266 g/mol. The van der Waals surface area contributed by atoms with Crippen molar-refractivity contribution in [2.45, 2.75) is 11.9 Å². The van der Waals surface area contributed by atoms with Crippen LogP contribution in [-0.2, 0) is 10.5 Å². The van der Waals surface area contributed by atoms with Gasteiger partial charge in [-0.3, -0.25) is 4.79 Å². The maximum atomic E-state index is 11.5. The SMILES string of the molecule is O=C(CSCc1ccc(Cl)s1)N1CC(O)C1. The van der Waals surface area contributed by atoms with Crippen molar-refractivity contribution in [3.05, 3.63) is 21.3 Å². The zero-order valence-corrected chi connectivity index (χ0v) is 10.9. The van der Waals surface area contributed by atoms with Crippen molar-refractivity contribution >= 4 is 40.6 Å². The van der Waals surface area contributed by atoms with Crippen molar-refractivity contribution in [2.24, 2.45) is 0 Å². The molecule has 0 aliphatic carbocycles. The van der Waals surface area contributed by atoms with E-state index in [1.165, 1.54) is 4.88 Å². The van der Waals surface area contributed by atoms with E-state index in [0.29, 0.717) is 18.8 Å². The second kappa shape index (κ2) is 5.40. The lowest BCUT2D eigenvalue weighted by Crippen LogP contribution is -2.54. The van der Waals surface area contributed by atoms with Crippen LogP contribution in [0, 0.1) is 0 Å². The molecule has 2 rings (SSSR count). The monoisotopic (exact) mass is 277 g/mol. The van der Waals surface area contributed by atoms with Crippen molar-refractivity contribution in [1.29, 1.82) is 0 Å². The number of hydrogen-bond donors (Lipinski definition) is 1. The Morgan fingerprint density at radius 3 is 2.94 bits per heavy atom. The molecule has 0 radical (unpaired) electrons. The molecule has 1 fully saturated rings. The molecule has 3 nitrogen and oxygen atoms in total. The fourth-order valence-corrected chi connectivity index (χ4v) is 3.54. The van der Waals surface area contributed by atoms with Crippen LogP contribution in [0.5, 0.6) is 0 Å². The minimum absolute atomic E-state index is 0.109. The molecule has 6 heteroatoms. The van der Waals surface area contributed by atoms with Gasteiger partial charge < -0.3 is 10.0 Å². The number of carbonyl (C=O) groups excluding carboxylic acids is 1. The van der Waals surface area contributed by atoms with E-state index in [0.717, 1.165) is 10.1 Å². The highest BCUT2D eigenvalue weighted by Crippen LogP contribution is 2.25. The highest BCUT2D eigenvalue weighted by Gasteiger charge is 2.28. The van der Waals surface area contributed by atoms with Crippen molar-refractivity contribution < 1.29 is 9.90 Å². The molecule has 0 unspecified atom stereocenters. The molecule has 16 heavy (non-hydrogen) atoms. The Bertz CT molecular complexity index is 377. The Labute approximate surface area is 107 Å². The van der Waals surface area contributed by atoms with Crippen molar-refractivity contribution in [1.82, 2.24) is 4.90 Å². The van der Waals surface area contributed by atoms with E-state index < -0.39 is 0 Å². The van der Waals surface area contributed by atoms with Crippen LogP contribution in [-0.4, -0.2) is 40.9 Å². The number of hydrogen-bond acceptors (Lipinski definition) is 4. The fourth-order valence-electron chi connectivity index (χ4n) is 1.42. The predicted molar refractivity (Wildman–Crippen MR) is 68.1 cm³/mol. The van der Waals surface area contributed by atoms with Gasteiger partial charge in [-0.15, -0.1) is 23.1 Å². The second-order valence-corrected chi connectivity index (χ2v) is 6.44. The minimum Gasteiger partial charge on any atom is -0.389 e. The first kappa shape index (κ1) is 12.2. The van der Waals surface area contributed by atoms with Gasteiger partial charge in [-0.2, -0.15) is 0 Å². The highest BCUT2D eigenvalue weighted by atomic mass is 35.5. The van der Waals surface area contributed by atoms with Gasteiger partial charge in [0.25, 0.3) is 0 Å². The summed E-state index contributed by atoms with van der Waals surface area (Å²) in [7, 11) is 0. The third-order valence-electron chi connectivity index (χ3n) is 2.31.